The van der Waals surface area contributed by atoms with Crippen LogP contribution in [0.2, 0.25) is 0 Å². The number of allylic oxidation sites excluding steroid dienone is 1. The van der Waals surface area contributed by atoms with Crippen molar-refractivity contribution < 1.29 is 8.78 Å². The van der Waals surface area contributed by atoms with Crippen LogP contribution in [0, 0.1) is 0 Å². The van der Waals surface area contributed by atoms with Gasteiger partial charge in [-0.1, -0.05) is 11.6 Å². The molecule has 0 saturated carbocycles. The standard InChI is InChI=1S/C3H2Cl2F2/c4-2(1-6)3(5)7/h1H2/b3-2-. The molecule has 0 aromatic carbocycles. The number of hydrogen-bond donors (Lipinski definition) is 0. The SMILES string of the molecule is FC/C(Cl)=C(/F)Cl. The second-order valence-electron chi connectivity index (χ2n) is 0.799. The average Bonchev–Trinajstić information content (AvgIpc) is 1.65. The van der Waals surface area contributed by atoms with Gasteiger partial charge in [0, 0.05) is 0 Å². The van der Waals surface area contributed by atoms with Crippen molar-refractivity contribution in [1.29, 1.82) is 0 Å². The third kappa shape index (κ3) is 2.83. The Balaban J connectivity index is 3.72. The number of rotatable bonds is 1. The summed E-state index contributed by atoms with van der Waals surface area (Å²) >= 11 is 9.37. The van der Waals surface area contributed by atoms with E-state index in [0.717, 1.165) is 0 Å². The van der Waals surface area contributed by atoms with Crippen LogP contribution in [0.25, 0.3) is 0 Å². The molecule has 4 heteroatoms. The number of halogens is 4. The molecule has 0 bridgehead atoms. The summed E-state index contributed by atoms with van der Waals surface area (Å²) in [7, 11) is 0. The highest BCUT2D eigenvalue weighted by molar-refractivity contribution is 6.38. The van der Waals surface area contributed by atoms with E-state index in [-0.39, 0.29) is 0 Å². The lowest BCUT2D eigenvalue weighted by Crippen LogP contribution is -1.72. The molecule has 0 heterocycles. The van der Waals surface area contributed by atoms with Crippen LogP contribution in [0.3, 0.4) is 0 Å². The van der Waals surface area contributed by atoms with Gasteiger partial charge in [0.25, 0.3) is 0 Å². The Morgan fingerprint density at radius 3 is 1.86 bits per heavy atom. The number of hydrogen-bond acceptors (Lipinski definition) is 0. The summed E-state index contributed by atoms with van der Waals surface area (Å²) in [6.45, 7) is -1.04. The van der Waals surface area contributed by atoms with Crippen molar-refractivity contribution in [1.82, 2.24) is 0 Å². The lowest BCUT2D eigenvalue weighted by molar-refractivity contribution is 0.544. The first kappa shape index (κ1) is 7.18. The maximum Gasteiger partial charge on any atom is 0.206 e. The van der Waals surface area contributed by atoms with Crippen molar-refractivity contribution in [3.05, 3.63) is 10.3 Å². The molecule has 7 heavy (non-hydrogen) atoms. The van der Waals surface area contributed by atoms with E-state index in [2.05, 4.69) is 11.6 Å². The summed E-state index contributed by atoms with van der Waals surface area (Å²) < 4.78 is 22.5. The van der Waals surface area contributed by atoms with Crippen LogP contribution in [-0.2, 0) is 0 Å². The minimum atomic E-state index is -1.18. The van der Waals surface area contributed by atoms with E-state index in [4.69, 9.17) is 11.6 Å². The average molecular weight is 147 g/mol. The molecule has 0 radical (unpaired) electrons. The van der Waals surface area contributed by atoms with Gasteiger partial charge >= 0.3 is 0 Å². The highest BCUT2D eigenvalue weighted by atomic mass is 35.5. The monoisotopic (exact) mass is 146 g/mol. The minimum absolute atomic E-state index is 0.582. The lowest BCUT2D eigenvalue weighted by atomic mass is 10.7. The van der Waals surface area contributed by atoms with E-state index in [1.807, 2.05) is 0 Å². The zero-order chi connectivity index (χ0) is 5.86. The molecule has 0 saturated heterocycles. The van der Waals surface area contributed by atoms with Crippen molar-refractivity contribution in [2.45, 2.75) is 0 Å². The molecule has 0 aromatic rings. The van der Waals surface area contributed by atoms with E-state index >= 15 is 0 Å². The van der Waals surface area contributed by atoms with Gasteiger partial charge in [0.2, 0.25) is 5.29 Å². The van der Waals surface area contributed by atoms with Gasteiger partial charge in [-0.3, -0.25) is 0 Å². The van der Waals surface area contributed by atoms with Crippen LogP contribution in [0.15, 0.2) is 10.3 Å². The molecule has 0 rings (SSSR count). The van der Waals surface area contributed by atoms with Crippen LogP contribution in [-0.4, -0.2) is 6.67 Å². The zero-order valence-corrected chi connectivity index (χ0v) is 4.73. The van der Waals surface area contributed by atoms with Gasteiger partial charge in [0.05, 0.1) is 5.03 Å². The van der Waals surface area contributed by atoms with Crippen molar-refractivity contribution in [3.63, 3.8) is 0 Å². The van der Waals surface area contributed by atoms with Gasteiger partial charge < -0.3 is 0 Å². The largest absolute Gasteiger partial charge is 0.245 e. The molecule has 0 aliphatic rings. The van der Waals surface area contributed by atoms with Gasteiger partial charge in [-0.25, -0.2) is 4.39 Å². The fourth-order valence-corrected chi connectivity index (χ4v) is 0.101. The third-order valence-electron chi connectivity index (χ3n) is 0.322. The van der Waals surface area contributed by atoms with Gasteiger partial charge in [-0.15, -0.1) is 0 Å². The van der Waals surface area contributed by atoms with Gasteiger partial charge in [0.1, 0.15) is 6.67 Å². The van der Waals surface area contributed by atoms with Gasteiger partial charge in [0.15, 0.2) is 0 Å². The molecule has 0 fully saturated rings. The predicted octanol–water partition coefficient (Wildman–Crippen LogP) is 2.57. The lowest BCUT2D eigenvalue weighted by Gasteiger charge is -1.82. The first-order valence-corrected chi connectivity index (χ1v) is 2.19. The van der Waals surface area contributed by atoms with E-state index in [1.165, 1.54) is 0 Å². The topological polar surface area (TPSA) is 0 Å². The molecule has 0 aromatic heterocycles. The summed E-state index contributed by atoms with van der Waals surface area (Å²) in [5, 5.41) is -1.76. The summed E-state index contributed by atoms with van der Waals surface area (Å²) in [4.78, 5) is 0. The summed E-state index contributed by atoms with van der Waals surface area (Å²) in [5.74, 6) is 0. The van der Waals surface area contributed by atoms with Crippen molar-refractivity contribution in [3.8, 4) is 0 Å². The quantitative estimate of drug-likeness (QED) is 0.534. The van der Waals surface area contributed by atoms with Crippen LogP contribution < -0.4 is 0 Å². The highest BCUT2D eigenvalue weighted by Crippen LogP contribution is 2.14. The van der Waals surface area contributed by atoms with Crippen LogP contribution in [0.5, 0.6) is 0 Å². The Bertz CT molecular complexity index is 84.9. The van der Waals surface area contributed by atoms with Crippen LogP contribution >= 0.6 is 23.2 Å². The molecular formula is C3H2Cl2F2. The Morgan fingerprint density at radius 2 is 1.86 bits per heavy atom. The Labute approximate surface area is 49.7 Å². The fraction of sp³-hybridized carbons (Fsp3) is 0.333. The van der Waals surface area contributed by atoms with E-state index in [9.17, 15) is 8.78 Å². The molecule has 0 aliphatic heterocycles. The second kappa shape index (κ2) is 3.22. The van der Waals surface area contributed by atoms with Gasteiger partial charge in [-0.2, -0.15) is 4.39 Å². The van der Waals surface area contributed by atoms with Gasteiger partial charge in [-0.05, 0) is 11.6 Å². The van der Waals surface area contributed by atoms with Crippen molar-refractivity contribution >= 4 is 23.2 Å². The van der Waals surface area contributed by atoms with Crippen LogP contribution in [0.4, 0.5) is 8.78 Å². The molecular weight excluding hydrogens is 145 g/mol. The first-order chi connectivity index (χ1) is 3.18. The maximum atomic E-state index is 11.4. The van der Waals surface area contributed by atoms with E-state index < -0.39 is 17.0 Å². The molecule has 0 N–H and O–H groups in total. The summed E-state index contributed by atoms with van der Waals surface area (Å²) in [5.41, 5.74) is 0. The fourth-order valence-electron chi connectivity index (χ4n) is 0.0505. The molecule has 42 valence electrons. The normalized spacial score (nSPS) is 13.7. The first-order valence-electron chi connectivity index (χ1n) is 1.44. The maximum absolute atomic E-state index is 11.4. The Hall–Kier alpha value is 0.180. The molecule has 0 amide bonds. The number of alkyl halides is 1. The molecule has 0 aliphatic carbocycles. The predicted molar refractivity (Wildman–Crippen MR) is 25.8 cm³/mol. The van der Waals surface area contributed by atoms with E-state index in [1.54, 1.807) is 0 Å². The van der Waals surface area contributed by atoms with Crippen molar-refractivity contribution in [2.24, 2.45) is 0 Å². The second-order valence-corrected chi connectivity index (χ2v) is 1.59. The molecule has 0 unspecified atom stereocenters. The molecule has 0 nitrogen and oxygen atoms in total. The zero-order valence-electron chi connectivity index (χ0n) is 3.22. The molecule has 0 atom stereocenters. The Kier molecular flexibility index (Phi) is 3.30. The third-order valence-corrected chi connectivity index (χ3v) is 0.914. The summed E-state index contributed by atoms with van der Waals surface area (Å²) in [6.07, 6.45) is 0. The Morgan fingerprint density at radius 1 is 1.43 bits per heavy atom. The highest BCUT2D eigenvalue weighted by Gasteiger charge is 1.96. The minimum Gasteiger partial charge on any atom is -0.245 e. The smallest absolute Gasteiger partial charge is 0.206 e. The van der Waals surface area contributed by atoms with Crippen molar-refractivity contribution in [2.75, 3.05) is 6.67 Å². The summed E-state index contributed by atoms with van der Waals surface area (Å²) in [6, 6.07) is 0. The van der Waals surface area contributed by atoms with E-state index in [0.29, 0.717) is 0 Å². The molecule has 0 spiro atoms. The van der Waals surface area contributed by atoms with Crippen LogP contribution in [0.1, 0.15) is 0 Å².